The molecule has 1 aromatic carbocycles. The van der Waals surface area contributed by atoms with Gasteiger partial charge in [0.15, 0.2) is 0 Å². The van der Waals surface area contributed by atoms with Gasteiger partial charge in [-0.25, -0.2) is 4.39 Å². The minimum atomic E-state index is -0.354. The third-order valence-electron chi connectivity index (χ3n) is 3.27. The van der Waals surface area contributed by atoms with Gasteiger partial charge in [0.2, 0.25) is 0 Å². The smallest absolute Gasteiger partial charge is 0.142 e. The summed E-state index contributed by atoms with van der Waals surface area (Å²) in [6.45, 7) is 5.07. The van der Waals surface area contributed by atoms with Gasteiger partial charge < -0.3 is 5.32 Å². The number of hydrogen-bond acceptors (Lipinski definition) is 2. The Bertz CT molecular complexity index is 567. The Balaban J connectivity index is 2.19. The summed E-state index contributed by atoms with van der Waals surface area (Å²) in [6, 6.07) is 9.51. The zero-order valence-electron chi connectivity index (χ0n) is 11.7. The van der Waals surface area contributed by atoms with Crippen LogP contribution in [0.3, 0.4) is 0 Å². The molecule has 0 spiro atoms. The second kappa shape index (κ2) is 7.21. The van der Waals surface area contributed by atoms with E-state index in [1.54, 1.807) is 6.07 Å². The van der Waals surface area contributed by atoms with E-state index in [9.17, 15) is 4.39 Å². The van der Waals surface area contributed by atoms with Gasteiger partial charge in [-0.1, -0.05) is 31.5 Å². The van der Waals surface area contributed by atoms with Crippen molar-refractivity contribution in [3.8, 4) is 0 Å². The van der Waals surface area contributed by atoms with E-state index in [-0.39, 0.29) is 16.9 Å². The summed E-state index contributed by atoms with van der Waals surface area (Å²) >= 11 is 7.58. The molecule has 0 aliphatic heterocycles. The normalized spacial score (nSPS) is 12.6. The largest absolute Gasteiger partial charge is 0.310 e. The summed E-state index contributed by atoms with van der Waals surface area (Å²) in [5.41, 5.74) is 0.945. The number of hydrogen-bond donors (Lipinski definition) is 1. The van der Waals surface area contributed by atoms with E-state index in [0.29, 0.717) is 0 Å². The molecular formula is C16H19ClFNS. The highest BCUT2D eigenvalue weighted by Crippen LogP contribution is 2.26. The van der Waals surface area contributed by atoms with E-state index >= 15 is 0 Å². The lowest BCUT2D eigenvalue weighted by Crippen LogP contribution is -2.22. The molecule has 0 aliphatic rings. The van der Waals surface area contributed by atoms with Crippen molar-refractivity contribution in [3.05, 3.63) is 56.5 Å². The predicted octanol–water partition coefficient (Wildman–Crippen LogP) is 5.00. The zero-order chi connectivity index (χ0) is 14.5. The molecule has 0 amide bonds. The average molecular weight is 312 g/mol. The lowest BCUT2D eigenvalue weighted by Gasteiger charge is -2.18. The van der Waals surface area contributed by atoms with Crippen LogP contribution in [0.15, 0.2) is 30.3 Å². The standard InChI is InChI=1S/C16H19ClFNS/c1-3-12-6-7-13(20-12)10-16(19-4-2)11-5-8-14(17)15(18)9-11/h5-9,16,19H,3-4,10H2,1-2H3. The van der Waals surface area contributed by atoms with Gasteiger partial charge in [-0.05, 0) is 42.8 Å². The van der Waals surface area contributed by atoms with E-state index < -0.39 is 0 Å². The number of benzene rings is 1. The minimum Gasteiger partial charge on any atom is -0.310 e. The van der Waals surface area contributed by atoms with Gasteiger partial charge in [-0.15, -0.1) is 11.3 Å². The van der Waals surface area contributed by atoms with Crippen LogP contribution in [-0.2, 0) is 12.8 Å². The minimum absolute atomic E-state index is 0.120. The van der Waals surface area contributed by atoms with Crippen LogP contribution >= 0.6 is 22.9 Å². The topological polar surface area (TPSA) is 12.0 Å². The molecule has 20 heavy (non-hydrogen) atoms. The average Bonchev–Trinajstić information content (AvgIpc) is 2.89. The molecule has 0 aliphatic carbocycles. The Kier molecular flexibility index (Phi) is 5.58. The maximum atomic E-state index is 13.6. The number of halogens is 2. The monoisotopic (exact) mass is 311 g/mol. The summed E-state index contributed by atoms with van der Waals surface area (Å²) in [5.74, 6) is -0.354. The van der Waals surface area contributed by atoms with Crippen LogP contribution in [-0.4, -0.2) is 6.54 Å². The van der Waals surface area contributed by atoms with E-state index in [0.717, 1.165) is 24.9 Å². The Morgan fingerprint density at radius 2 is 1.95 bits per heavy atom. The Morgan fingerprint density at radius 1 is 1.20 bits per heavy atom. The summed E-state index contributed by atoms with van der Waals surface area (Å²) < 4.78 is 13.6. The Morgan fingerprint density at radius 3 is 2.55 bits per heavy atom. The molecule has 1 N–H and O–H groups in total. The summed E-state index contributed by atoms with van der Waals surface area (Å²) in [6.07, 6.45) is 1.94. The first-order valence-corrected chi connectivity index (χ1v) is 8.09. The van der Waals surface area contributed by atoms with Crippen molar-refractivity contribution >= 4 is 22.9 Å². The molecule has 2 aromatic rings. The predicted molar refractivity (Wildman–Crippen MR) is 85.2 cm³/mol. The van der Waals surface area contributed by atoms with Crippen molar-refractivity contribution in [2.24, 2.45) is 0 Å². The fourth-order valence-electron chi connectivity index (χ4n) is 2.21. The Hall–Kier alpha value is -0.900. The lowest BCUT2D eigenvalue weighted by atomic mass is 10.0. The van der Waals surface area contributed by atoms with Crippen LogP contribution in [0.5, 0.6) is 0 Å². The summed E-state index contributed by atoms with van der Waals surface area (Å²) in [4.78, 5) is 2.71. The third kappa shape index (κ3) is 3.81. The highest BCUT2D eigenvalue weighted by Gasteiger charge is 2.14. The molecule has 1 nitrogen and oxygen atoms in total. The second-order valence-corrected chi connectivity index (χ2v) is 6.37. The number of aryl methyl sites for hydroxylation is 1. The number of nitrogens with one attached hydrogen (secondary N) is 1. The van der Waals surface area contributed by atoms with Crippen molar-refractivity contribution in [2.75, 3.05) is 6.54 Å². The van der Waals surface area contributed by atoms with Gasteiger partial charge in [-0.3, -0.25) is 0 Å². The van der Waals surface area contributed by atoms with Gasteiger partial charge in [0, 0.05) is 22.2 Å². The number of rotatable bonds is 6. The second-order valence-electron chi connectivity index (χ2n) is 4.71. The van der Waals surface area contributed by atoms with E-state index in [2.05, 4.69) is 31.3 Å². The van der Waals surface area contributed by atoms with Crippen molar-refractivity contribution in [2.45, 2.75) is 32.7 Å². The molecule has 0 radical (unpaired) electrons. The molecule has 1 atom stereocenters. The molecule has 1 unspecified atom stereocenters. The molecule has 4 heteroatoms. The molecular weight excluding hydrogens is 293 g/mol. The van der Waals surface area contributed by atoms with Crippen LogP contribution in [0, 0.1) is 5.82 Å². The van der Waals surface area contributed by atoms with Crippen LogP contribution < -0.4 is 5.32 Å². The zero-order valence-corrected chi connectivity index (χ0v) is 13.3. The van der Waals surface area contributed by atoms with E-state index in [4.69, 9.17) is 11.6 Å². The van der Waals surface area contributed by atoms with Crippen LogP contribution in [0.25, 0.3) is 0 Å². The van der Waals surface area contributed by atoms with Gasteiger partial charge in [0.05, 0.1) is 5.02 Å². The molecule has 0 saturated carbocycles. The molecule has 0 bridgehead atoms. The first-order chi connectivity index (χ1) is 9.63. The first-order valence-electron chi connectivity index (χ1n) is 6.90. The van der Waals surface area contributed by atoms with Gasteiger partial charge in [0.1, 0.15) is 5.82 Å². The number of thiophene rings is 1. The molecule has 2 rings (SSSR count). The summed E-state index contributed by atoms with van der Waals surface area (Å²) in [7, 11) is 0. The third-order valence-corrected chi connectivity index (χ3v) is 4.83. The lowest BCUT2D eigenvalue weighted by molar-refractivity contribution is 0.546. The van der Waals surface area contributed by atoms with Crippen molar-refractivity contribution < 1.29 is 4.39 Å². The summed E-state index contributed by atoms with van der Waals surface area (Å²) in [5, 5.41) is 3.59. The van der Waals surface area contributed by atoms with Crippen LogP contribution in [0.1, 0.15) is 35.2 Å². The molecule has 0 fully saturated rings. The molecule has 0 saturated heterocycles. The molecule has 1 aromatic heterocycles. The highest BCUT2D eigenvalue weighted by molar-refractivity contribution is 7.11. The number of likely N-dealkylation sites (N-methyl/N-ethyl adjacent to an activating group) is 1. The maximum Gasteiger partial charge on any atom is 0.142 e. The van der Waals surface area contributed by atoms with Crippen molar-refractivity contribution in [1.29, 1.82) is 0 Å². The first kappa shape index (κ1) is 15.5. The maximum absolute atomic E-state index is 13.6. The highest BCUT2D eigenvalue weighted by atomic mass is 35.5. The fourth-order valence-corrected chi connectivity index (χ4v) is 3.33. The Labute approximate surface area is 128 Å². The van der Waals surface area contributed by atoms with Crippen LogP contribution in [0.2, 0.25) is 5.02 Å². The van der Waals surface area contributed by atoms with Crippen molar-refractivity contribution in [1.82, 2.24) is 5.32 Å². The quantitative estimate of drug-likeness (QED) is 0.792. The van der Waals surface area contributed by atoms with Gasteiger partial charge in [-0.2, -0.15) is 0 Å². The molecule has 1 heterocycles. The SMILES string of the molecule is CCNC(Cc1ccc(CC)s1)c1ccc(Cl)c(F)c1. The fraction of sp³-hybridized carbons (Fsp3) is 0.375. The van der Waals surface area contributed by atoms with Crippen molar-refractivity contribution in [3.63, 3.8) is 0 Å². The van der Waals surface area contributed by atoms with Crippen LogP contribution in [0.4, 0.5) is 4.39 Å². The molecule has 108 valence electrons. The van der Waals surface area contributed by atoms with E-state index in [1.165, 1.54) is 15.8 Å². The van der Waals surface area contributed by atoms with E-state index in [1.807, 2.05) is 17.4 Å². The van der Waals surface area contributed by atoms with Gasteiger partial charge >= 0.3 is 0 Å². The van der Waals surface area contributed by atoms with Gasteiger partial charge in [0.25, 0.3) is 0 Å².